The molecule has 1 heterocycles. The summed E-state index contributed by atoms with van der Waals surface area (Å²) in [6.07, 6.45) is 2.08. The minimum atomic E-state index is -0.0521. The van der Waals surface area contributed by atoms with Crippen LogP contribution in [0.4, 0.5) is 5.69 Å². The molecule has 4 heteroatoms. The van der Waals surface area contributed by atoms with Crippen molar-refractivity contribution < 1.29 is 9.53 Å². The Hall–Kier alpha value is -1.86. The summed E-state index contributed by atoms with van der Waals surface area (Å²) >= 11 is 0. The second-order valence-corrected chi connectivity index (χ2v) is 4.73. The number of ether oxygens (including phenoxy) is 1. The van der Waals surface area contributed by atoms with Gasteiger partial charge in [-0.2, -0.15) is 5.26 Å². The third kappa shape index (κ3) is 3.33. The van der Waals surface area contributed by atoms with Gasteiger partial charge in [0.2, 0.25) is 5.91 Å². The van der Waals surface area contributed by atoms with Gasteiger partial charge in [-0.15, -0.1) is 0 Å². The summed E-state index contributed by atoms with van der Waals surface area (Å²) in [5.74, 6) is -0.0267. The maximum atomic E-state index is 12.2. The highest BCUT2D eigenvalue weighted by molar-refractivity contribution is 5.93. The van der Waals surface area contributed by atoms with Gasteiger partial charge in [-0.1, -0.05) is 19.1 Å². The number of nitrogens with zero attached hydrogens (tertiary/aromatic N) is 1. The summed E-state index contributed by atoms with van der Waals surface area (Å²) in [5, 5.41) is 11.5. The van der Waals surface area contributed by atoms with Gasteiger partial charge in [0.1, 0.15) is 0 Å². The molecule has 2 unspecified atom stereocenters. The summed E-state index contributed by atoms with van der Waals surface area (Å²) in [6, 6.07) is 9.49. The quantitative estimate of drug-likeness (QED) is 0.902. The minimum absolute atomic E-state index is 0.0254. The molecular weight excluding hydrogens is 240 g/mol. The van der Waals surface area contributed by atoms with E-state index in [2.05, 4.69) is 11.4 Å². The number of rotatable bonds is 4. The lowest BCUT2D eigenvalue weighted by molar-refractivity contribution is -0.121. The Balaban J connectivity index is 1.97. The molecular formula is C15H18N2O2. The highest BCUT2D eigenvalue weighted by atomic mass is 16.5. The Bertz CT molecular complexity index is 476. The average molecular weight is 258 g/mol. The van der Waals surface area contributed by atoms with Crippen LogP contribution in [0.2, 0.25) is 0 Å². The molecule has 0 bridgehead atoms. The largest absolute Gasteiger partial charge is 0.377 e. The molecule has 2 atom stereocenters. The van der Waals surface area contributed by atoms with Crippen LogP contribution in [0.1, 0.15) is 25.3 Å². The van der Waals surface area contributed by atoms with E-state index in [0.29, 0.717) is 13.0 Å². The number of carbonyl (C=O) groups is 1. The van der Waals surface area contributed by atoms with Gasteiger partial charge in [-0.05, 0) is 30.5 Å². The van der Waals surface area contributed by atoms with Crippen molar-refractivity contribution in [2.75, 3.05) is 11.9 Å². The molecule has 0 aliphatic carbocycles. The summed E-state index contributed by atoms with van der Waals surface area (Å²) in [5.41, 5.74) is 1.73. The summed E-state index contributed by atoms with van der Waals surface area (Å²) in [7, 11) is 0. The van der Waals surface area contributed by atoms with Crippen LogP contribution in [0.3, 0.4) is 0 Å². The van der Waals surface area contributed by atoms with Crippen LogP contribution in [-0.2, 0) is 16.0 Å². The number of hydrogen-bond acceptors (Lipinski definition) is 3. The highest BCUT2D eigenvalue weighted by Gasteiger charge is 2.32. The molecule has 1 N–H and O–H groups in total. The first-order valence-electron chi connectivity index (χ1n) is 6.63. The van der Waals surface area contributed by atoms with E-state index >= 15 is 0 Å². The van der Waals surface area contributed by atoms with Crippen molar-refractivity contribution in [3.63, 3.8) is 0 Å². The Morgan fingerprint density at radius 1 is 1.47 bits per heavy atom. The van der Waals surface area contributed by atoms with E-state index in [9.17, 15) is 4.79 Å². The maximum Gasteiger partial charge on any atom is 0.230 e. The molecule has 0 radical (unpaired) electrons. The van der Waals surface area contributed by atoms with Gasteiger partial charge in [0, 0.05) is 12.3 Å². The predicted molar refractivity (Wildman–Crippen MR) is 72.5 cm³/mol. The third-order valence-electron chi connectivity index (χ3n) is 3.45. The lowest BCUT2D eigenvalue weighted by Crippen LogP contribution is -2.29. The Morgan fingerprint density at radius 3 is 2.84 bits per heavy atom. The summed E-state index contributed by atoms with van der Waals surface area (Å²) < 4.78 is 5.53. The maximum absolute atomic E-state index is 12.2. The van der Waals surface area contributed by atoms with E-state index in [0.717, 1.165) is 24.1 Å². The van der Waals surface area contributed by atoms with Crippen LogP contribution in [-0.4, -0.2) is 18.6 Å². The molecule has 0 aromatic heterocycles. The van der Waals surface area contributed by atoms with Crippen molar-refractivity contribution in [1.82, 2.24) is 0 Å². The zero-order valence-electron chi connectivity index (χ0n) is 11.1. The minimum Gasteiger partial charge on any atom is -0.377 e. The molecule has 4 nitrogen and oxygen atoms in total. The molecule has 0 saturated carbocycles. The fourth-order valence-corrected chi connectivity index (χ4v) is 2.38. The second kappa shape index (κ2) is 6.35. The molecule has 1 aromatic carbocycles. The van der Waals surface area contributed by atoms with E-state index in [4.69, 9.17) is 10.00 Å². The number of hydrogen-bond donors (Lipinski definition) is 1. The van der Waals surface area contributed by atoms with Crippen LogP contribution < -0.4 is 5.32 Å². The summed E-state index contributed by atoms with van der Waals surface area (Å²) in [6.45, 7) is 2.70. The molecule has 2 rings (SSSR count). The first kappa shape index (κ1) is 13.6. The zero-order chi connectivity index (χ0) is 13.7. The summed E-state index contributed by atoms with van der Waals surface area (Å²) in [4.78, 5) is 12.2. The van der Waals surface area contributed by atoms with Crippen molar-refractivity contribution in [2.45, 2.75) is 32.3 Å². The third-order valence-corrected chi connectivity index (χ3v) is 3.45. The average Bonchev–Trinajstić information content (AvgIpc) is 2.90. The molecule has 1 saturated heterocycles. The van der Waals surface area contributed by atoms with Gasteiger partial charge in [-0.25, -0.2) is 0 Å². The number of nitrogens with one attached hydrogen (secondary N) is 1. The lowest BCUT2D eigenvalue weighted by Gasteiger charge is -2.16. The molecule has 1 aliphatic heterocycles. The predicted octanol–water partition coefficient (Wildman–Crippen LogP) is 2.51. The number of amides is 1. The van der Waals surface area contributed by atoms with Crippen LogP contribution in [0.15, 0.2) is 24.3 Å². The molecule has 1 amide bonds. The van der Waals surface area contributed by atoms with Gasteiger partial charge < -0.3 is 10.1 Å². The number of carbonyl (C=O) groups excluding carboxylic acids is 1. The number of nitriles is 1. The van der Waals surface area contributed by atoms with E-state index in [1.807, 2.05) is 31.2 Å². The fourth-order valence-electron chi connectivity index (χ4n) is 2.38. The van der Waals surface area contributed by atoms with E-state index < -0.39 is 0 Å². The molecule has 1 aliphatic rings. The van der Waals surface area contributed by atoms with Crippen molar-refractivity contribution >= 4 is 11.6 Å². The normalized spacial score (nSPS) is 21.9. The van der Waals surface area contributed by atoms with Crippen LogP contribution in [0.5, 0.6) is 0 Å². The SMILES string of the molecule is CCC1OCCC1C(=O)Nc1ccc(CC#N)cc1. The van der Waals surface area contributed by atoms with Gasteiger partial charge in [0.05, 0.1) is 24.5 Å². The number of anilines is 1. The molecule has 1 aromatic rings. The van der Waals surface area contributed by atoms with Crippen LogP contribution in [0.25, 0.3) is 0 Å². The monoisotopic (exact) mass is 258 g/mol. The first-order chi connectivity index (χ1) is 9.24. The topological polar surface area (TPSA) is 62.1 Å². The van der Waals surface area contributed by atoms with Crippen LogP contribution >= 0.6 is 0 Å². The van der Waals surface area contributed by atoms with Crippen molar-refractivity contribution in [1.29, 1.82) is 5.26 Å². The zero-order valence-corrected chi connectivity index (χ0v) is 11.1. The lowest BCUT2D eigenvalue weighted by atomic mass is 9.98. The first-order valence-corrected chi connectivity index (χ1v) is 6.63. The van der Waals surface area contributed by atoms with Gasteiger partial charge in [0.15, 0.2) is 0 Å². The highest BCUT2D eigenvalue weighted by Crippen LogP contribution is 2.25. The Kier molecular flexibility index (Phi) is 4.53. The molecule has 100 valence electrons. The molecule has 19 heavy (non-hydrogen) atoms. The standard InChI is InChI=1S/C15H18N2O2/c1-2-14-13(8-10-19-14)15(18)17-12-5-3-11(4-6-12)7-9-16/h3-6,13-14H,2,7-8,10H2,1H3,(H,17,18). The molecule has 1 fully saturated rings. The van der Waals surface area contributed by atoms with Gasteiger partial charge in [-0.3, -0.25) is 4.79 Å². The van der Waals surface area contributed by atoms with E-state index in [-0.39, 0.29) is 17.9 Å². The van der Waals surface area contributed by atoms with Gasteiger partial charge >= 0.3 is 0 Å². The smallest absolute Gasteiger partial charge is 0.230 e. The van der Waals surface area contributed by atoms with E-state index in [1.165, 1.54) is 0 Å². The number of benzene rings is 1. The second-order valence-electron chi connectivity index (χ2n) is 4.73. The Labute approximate surface area is 113 Å². The van der Waals surface area contributed by atoms with E-state index in [1.54, 1.807) is 0 Å². The van der Waals surface area contributed by atoms with Crippen molar-refractivity contribution in [3.05, 3.63) is 29.8 Å². The molecule has 0 spiro atoms. The fraction of sp³-hybridized carbons (Fsp3) is 0.467. The Morgan fingerprint density at radius 2 is 2.21 bits per heavy atom. The van der Waals surface area contributed by atoms with Gasteiger partial charge in [0.25, 0.3) is 0 Å². The van der Waals surface area contributed by atoms with Crippen molar-refractivity contribution in [2.24, 2.45) is 5.92 Å². The van der Waals surface area contributed by atoms with Crippen LogP contribution in [0, 0.1) is 17.2 Å². The van der Waals surface area contributed by atoms with Crippen molar-refractivity contribution in [3.8, 4) is 6.07 Å².